The quantitative estimate of drug-likeness (QED) is 0.721. The first-order chi connectivity index (χ1) is 12.2. The first-order valence-corrected chi connectivity index (χ1v) is 9.57. The summed E-state index contributed by atoms with van der Waals surface area (Å²) in [6, 6.07) is 10.3. The Hall–Kier alpha value is -2.18. The molecule has 130 valence electrons. The average Bonchev–Trinajstić information content (AvgIpc) is 3.25. The Morgan fingerprint density at radius 3 is 2.56 bits per heavy atom. The molecule has 1 fully saturated rings. The van der Waals surface area contributed by atoms with Gasteiger partial charge in [0.1, 0.15) is 0 Å². The first kappa shape index (κ1) is 16.3. The minimum Gasteiger partial charge on any atom is -0.366 e. The van der Waals surface area contributed by atoms with Gasteiger partial charge >= 0.3 is 0 Å². The number of hydrogen-bond acceptors (Lipinski definition) is 5. The standard InChI is InChI=1S/C19H23N5S/c1-15-19(16(2)24(21-15)18-7-3-4-8-20-18)23-11-9-22(10-12-23)14-17-6-5-13-25-17/h3-8,13H,9-12,14H2,1-2H3. The predicted octanol–water partition coefficient (Wildman–Crippen LogP) is 3.27. The number of rotatable bonds is 4. The Bertz CT molecular complexity index is 817. The second-order valence-electron chi connectivity index (χ2n) is 6.46. The predicted molar refractivity (Wildman–Crippen MR) is 103 cm³/mol. The van der Waals surface area contributed by atoms with Gasteiger partial charge in [-0.05, 0) is 37.4 Å². The van der Waals surface area contributed by atoms with E-state index in [1.165, 1.54) is 16.3 Å². The number of nitrogens with zero attached hydrogens (tertiary/aromatic N) is 5. The van der Waals surface area contributed by atoms with Crippen LogP contribution in [0.3, 0.4) is 0 Å². The number of anilines is 1. The molecule has 1 aliphatic rings. The lowest BCUT2D eigenvalue weighted by Crippen LogP contribution is -2.46. The van der Waals surface area contributed by atoms with E-state index in [0.29, 0.717) is 0 Å². The Morgan fingerprint density at radius 1 is 1.04 bits per heavy atom. The molecule has 6 heteroatoms. The Kier molecular flexibility index (Phi) is 4.55. The van der Waals surface area contributed by atoms with E-state index >= 15 is 0 Å². The summed E-state index contributed by atoms with van der Waals surface area (Å²) < 4.78 is 1.96. The van der Waals surface area contributed by atoms with Gasteiger partial charge in [0, 0.05) is 43.8 Å². The third-order valence-electron chi connectivity index (χ3n) is 4.77. The molecule has 3 aromatic rings. The molecule has 5 nitrogen and oxygen atoms in total. The monoisotopic (exact) mass is 353 g/mol. The van der Waals surface area contributed by atoms with Crippen LogP contribution in [0.1, 0.15) is 16.3 Å². The zero-order valence-electron chi connectivity index (χ0n) is 14.7. The summed E-state index contributed by atoms with van der Waals surface area (Å²) in [7, 11) is 0. The van der Waals surface area contributed by atoms with Crippen LogP contribution >= 0.6 is 11.3 Å². The number of aromatic nitrogens is 3. The number of piperazine rings is 1. The van der Waals surface area contributed by atoms with Crippen molar-refractivity contribution in [1.82, 2.24) is 19.7 Å². The summed E-state index contributed by atoms with van der Waals surface area (Å²) in [5.74, 6) is 0.880. The Balaban J connectivity index is 1.49. The molecule has 1 saturated heterocycles. The number of pyridine rings is 1. The van der Waals surface area contributed by atoms with Crippen molar-refractivity contribution in [1.29, 1.82) is 0 Å². The van der Waals surface area contributed by atoms with Crippen LogP contribution in [0.4, 0.5) is 5.69 Å². The van der Waals surface area contributed by atoms with Crippen molar-refractivity contribution in [3.63, 3.8) is 0 Å². The second-order valence-corrected chi connectivity index (χ2v) is 7.49. The van der Waals surface area contributed by atoms with Crippen LogP contribution in [0.5, 0.6) is 0 Å². The molecule has 4 rings (SSSR count). The van der Waals surface area contributed by atoms with E-state index in [1.807, 2.05) is 40.4 Å². The third-order valence-corrected chi connectivity index (χ3v) is 5.63. The molecule has 0 aliphatic carbocycles. The van der Waals surface area contributed by atoms with E-state index < -0.39 is 0 Å². The van der Waals surface area contributed by atoms with Gasteiger partial charge in [0.2, 0.25) is 0 Å². The van der Waals surface area contributed by atoms with Gasteiger partial charge in [-0.15, -0.1) is 11.3 Å². The fraction of sp³-hybridized carbons (Fsp3) is 0.368. The van der Waals surface area contributed by atoms with E-state index in [2.05, 4.69) is 46.1 Å². The van der Waals surface area contributed by atoms with E-state index in [4.69, 9.17) is 5.10 Å². The van der Waals surface area contributed by atoms with E-state index in [9.17, 15) is 0 Å². The lowest BCUT2D eigenvalue weighted by molar-refractivity contribution is 0.252. The third kappa shape index (κ3) is 3.32. The minimum absolute atomic E-state index is 0.880. The molecule has 3 aromatic heterocycles. The summed E-state index contributed by atoms with van der Waals surface area (Å²) >= 11 is 1.84. The Labute approximate surface area is 152 Å². The van der Waals surface area contributed by atoms with Gasteiger partial charge in [-0.3, -0.25) is 4.90 Å². The number of hydrogen-bond donors (Lipinski definition) is 0. The van der Waals surface area contributed by atoms with Gasteiger partial charge in [-0.25, -0.2) is 9.67 Å². The summed E-state index contributed by atoms with van der Waals surface area (Å²) in [6.07, 6.45) is 1.81. The Morgan fingerprint density at radius 2 is 1.88 bits per heavy atom. The number of aryl methyl sites for hydroxylation is 1. The van der Waals surface area contributed by atoms with Crippen molar-refractivity contribution < 1.29 is 0 Å². The molecule has 0 N–H and O–H groups in total. The smallest absolute Gasteiger partial charge is 0.153 e. The van der Waals surface area contributed by atoms with Crippen molar-refractivity contribution in [2.24, 2.45) is 0 Å². The van der Waals surface area contributed by atoms with Crippen molar-refractivity contribution in [3.05, 3.63) is 58.2 Å². The van der Waals surface area contributed by atoms with Gasteiger partial charge in [0.15, 0.2) is 5.82 Å². The van der Waals surface area contributed by atoms with E-state index in [-0.39, 0.29) is 0 Å². The van der Waals surface area contributed by atoms with E-state index in [0.717, 1.165) is 44.2 Å². The minimum atomic E-state index is 0.880. The van der Waals surface area contributed by atoms with Crippen molar-refractivity contribution in [2.45, 2.75) is 20.4 Å². The zero-order chi connectivity index (χ0) is 17.2. The molecule has 0 spiro atoms. The molecule has 0 bridgehead atoms. The second kappa shape index (κ2) is 6.98. The van der Waals surface area contributed by atoms with Crippen LogP contribution < -0.4 is 4.90 Å². The van der Waals surface area contributed by atoms with Crippen LogP contribution in [0.15, 0.2) is 41.9 Å². The lowest BCUT2D eigenvalue weighted by atomic mass is 10.2. The summed E-state index contributed by atoms with van der Waals surface area (Å²) in [6.45, 7) is 9.57. The van der Waals surface area contributed by atoms with Gasteiger partial charge in [0.05, 0.1) is 17.1 Å². The normalized spacial score (nSPS) is 15.7. The highest BCUT2D eigenvalue weighted by atomic mass is 32.1. The van der Waals surface area contributed by atoms with Crippen LogP contribution in [-0.2, 0) is 6.54 Å². The molecule has 0 unspecified atom stereocenters. The fourth-order valence-electron chi connectivity index (χ4n) is 3.55. The van der Waals surface area contributed by atoms with Gasteiger partial charge in [-0.1, -0.05) is 12.1 Å². The van der Waals surface area contributed by atoms with Crippen molar-refractivity contribution in [2.75, 3.05) is 31.1 Å². The highest BCUT2D eigenvalue weighted by Crippen LogP contribution is 2.27. The zero-order valence-corrected chi connectivity index (χ0v) is 15.5. The fourth-order valence-corrected chi connectivity index (χ4v) is 4.29. The van der Waals surface area contributed by atoms with Crippen molar-refractivity contribution in [3.8, 4) is 5.82 Å². The summed E-state index contributed by atoms with van der Waals surface area (Å²) in [5.41, 5.74) is 3.51. The van der Waals surface area contributed by atoms with Gasteiger partial charge in [0.25, 0.3) is 0 Å². The van der Waals surface area contributed by atoms with Crippen LogP contribution in [0, 0.1) is 13.8 Å². The molecule has 4 heterocycles. The highest BCUT2D eigenvalue weighted by Gasteiger charge is 2.23. The topological polar surface area (TPSA) is 37.2 Å². The van der Waals surface area contributed by atoms with Crippen molar-refractivity contribution >= 4 is 17.0 Å². The number of thiophene rings is 1. The molecule has 1 aliphatic heterocycles. The molecule has 25 heavy (non-hydrogen) atoms. The van der Waals surface area contributed by atoms with Gasteiger partial charge in [-0.2, -0.15) is 5.10 Å². The first-order valence-electron chi connectivity index (χ1n) is 8.69. The molecule has 0 radical (unpaired) electrons. The lowest BCUT2D eigenvalue weighted by Gasteiger charge is -2.36. The van der Waals surface area contributed by atoms with Gasteiger partial charge < -0.3 is 4.90 Å². The molecule has 0 amide bonds. The molecular formula is C19H23N5S. The maximum atomic E-state index is 4.74. The van der Waals surface area contributed by atoms with Crippen LogP contribution in [0.2, 0.25) is 0 Å². The maximum absolute atomic E-state index is 4.74. The SMILES string of the molecule is Cc1nn(-c2ccccn2)c(C)c1N1CCN(Cc2cccs2)CC1. The van der Waals surface area contributed by atoms with Crippen LogP contribution in [0.25, 0.3) is 5.82 Å². The summed E-state index contributed by atoms with van der Waals surface area (Å²) in [4.78, 5) is 10.9. The molecule has 0 aromatic carbocycles. The molecule has 0 atom stereocenters. The maximum Gasteiger partial charge on any atom is 0.153 e. The largest absolute Gasteiger partial charge is 0.366 e. The molecular weight excluding hydrogens is 330 g/mol. The van der Waals surface area contributed by atoms with Crippen LogP contribution in [-0.4, -0.2) is 45.8 Å². The molecule has 0 saturated carbocycles. The summed E-state index contributed by atoms with van der Waals surface area (Å²) in [5, 5.41) is 6.89. The highest BCUT2D eigenvalue weighted by molar-refractivity contribution is 7.09. The van der Waals surface area contributed by atoms with E-state index in [1.54, 1.807) is 0 Å². The average molecular weight is 353 g/mol.